The van der Waals surface area contributed by atoms with Gasteiger partial charge in [-0.2, -0.15) is 0 Å². The first-order valence-electron chi connectivity index (χ1n) is 10.5. The maximum atomic E-state index is 9.64. The Labute approximate surface area is 147 Å². The van der Waals surface area contributed by atoms with Gasteiger partial charge in [0.05, 0.1) is 6.10 Å². The van der Waals surface area contributed by atoms with Crippen LogP contribution in [0, 0.1) is 0 Å². The molecule has 0 fully saturated rings. The summed E-state index contributed by atoms with van der Waals surface area (Å²) in [7, 11) is 0. The van der Waals surface area contributed by atoms with Gasteiger partial charge in [-0.25, -0.2) is 0 Å². The van der Waals surface area contributed by atoms with Crippen LogP contribution < -0.4 is 0 Å². The number of hydrogen-bond donors (Lipinski definition) is 1. The molecule has 138 valence electrons. The van der Waals surface area contributed by atoms with E-state index in [9.17, 15) is 5.11 Å². The summed E-state index contributed by atoms with van der Waals surface area (Å²) in [4.78, 5) is 0. The summed E-state index contributed by atoms with van der Waals surface area (Å²) in [5, 5.41) is 9.64. The molecular formula is C22H44O. The first-order valence-corrected chi connectivity index (χ1v) is 10.5. The van der Waals surface area contributed by atoms with Crippen molar-refractivity contribution in [2.75, 3.05) is 0 Å². The predicted molar refractivity (Wildman–Crippen MR) is 105 cm³/mol. The largest absolute Gasteiger partial charge is 0.389 e. The summed E-state index contributed by atoms with van der Waals surface area (Å²) in [5.41, 5.74) is 0.908. The van der Waals surface area contributed by atoms with Gasteiger partial charge in [-0.3, -0.25) is 0 Å². The Hall–Kier alpha value is -0.300. The molecule has 0 saturated heterocycles. The minimum atomic E-state index is -0.276. The highest BCUT2D eigenvalue weighted by Crippen LogP contribution is 2.15. The molecule has 0 bridgehead atoms. The smallest absolute Gasteiger partial charge is 0.0744 e. The fourth-order valence-corrected chi connectivity index (χ4v) is 3.13. The lowest BCUT2D eigenvalue weighted by molar-refractivity contribution is 0.196. The summed E-state index contributed by atoms with van der Waals surface area (Å²) in [6, 6.07) is 0. The molecule has 0 rings (SSSR count). The topological polar surface area (TPSA) is 20.2 Å². The van der Waals surface area contributed by atoms with Crippen molar-refractivity contribution in [3.8, 4) is 0 Å². The molecule has 0 amide bonds. The van der Waals surface area contributed by atoms with Crippen molar-refractivity contribution in [3.05, 3.63) is 12.2 Å². The van der Waals surface area contributed by atoms with Crippen LogP contribution in [0.3, 0.4) is 0 Å². The molecule has 1 unspecified atom stereocenters. The zero-order valence-corrected chi connectivity index (χ0v) is 16.3. The Balaban J connectivity index is 3.04. The van der Waals surface area contributed by atoms with Crippen LogP contribution in [0.4, 0.5) is 0 Å². The molecule has 0 aliphatic carbocycles. The Kier molecular flexibility index (Phi) is 17.8. The highest BCUT2D eigenvalue weighted by atomic mass is 16.3. The highest BCUT2D eigenvalue weighted by Gasteiger charge is 2.03. The molecule has 0 saturated carbocycles. The molecule has 0 radical (unpaired) electrons. The lowest BCUT2D eigenvalue weighted by Crippen LogP contribution is -2.06. The second-order valence-corrected chi connectivity index (χ2v) is 7.45. The Morgan fingerprint density at radius 3 is 1.26 bits per heavy atom. The zero-order valence-electron chi connectivity index (χ0n) is 16.3. The molecular weight excluding hydrogens is 280 g/mol. The zero-order chi connectivity index (χ0) is 17.2. The van der Waals surface area contributed by atoms with Gasteiger partial charge in [0.1, 0.15) is 0 Å². The average Bonchev–Trinajstić information content (AvgIpc) is 2.54. The fraction of sp³-hybridized carbons (Fsp3) is 0.909. The maximum absolute atomic E-state index is 9.64. The third-order valence-electron chi connectivity index (χ3n) is 4.90. The molecule has 0 aliphatic rings. The minimum absolute atomic E-state index is 0.276. The van der Waals surface area contributed by atoms with Gasteiger partial charge in [0.2, 0.25) is 0 Å². The molecule has 1 atom stereocenters. The van der Waals surface area contributed by atoms with E-state index in [-0.39, 0.29) is 6.10 Å². The second kappa shape index (κ2) is 18.0. The number of hydrogen-bond acceptors (Lipinski definition) is 1. The van der Waals surface area contributed by atoms with E-state index < -0.39 is 0 Å². The molecule has 1 heteroatoms. The van der Waals surface area contributed by atoms with E-state index in [1.807, 2.05) is 6.92 Å². The highest BCUT2D eigenvalue weighted by molar-refractivity contribution is 4.96. The third kappa shape index (κ3) is 17.9. The van der Waals surface area contributed by atoms with E-state index in [4.69, 9.17) is 0 Å². The van der Waals surface area contributed by atoms with Gasteiger partial charge in [-0.1, -0.05) is 122 Å². The normalized spacial score (nSPS) is 12.5. The standard InChI is InChI=1S/C22H44O/c1-4-5-6-7-8-9-10-11-12-13-14-15-16-17-18-19-20-22(23)21(2)3/h22-23H,2,4-20H2,1,3H3. The monoisotopic (exact) mass is 324 g/mol. The Bertz CT molecular complexity index is 246. The fourth-order valence-electron chi connectivity index (χ4n) is 3.13. The number of rotatable bonds is 18. The van der Waals surface area contributed by atoms with Crippen LogP contribution in [0.25, 0.3) is 0 Å². The maximum Gasteiger partial charge on any atom is 0.0744 e. The van der Waals surface area contributed by atoms with Crippen molar-refractivity contribution >= 4 is 0 Å². The van der Waals surface area contributed by atoms with Crippen LogP contribution in [0.2, 0.25) is 0 Å². The summed E-state index contributed by atoms with van der Waals surface area (Å²) < 4.78 is 0. The van der Waals surface area contributed by atoms with Crippen LogP contribution in [0.1, 0.15) is 123 Å². The van der Waals surface area contributed by atoms with Gasteiger partial charge < -0.3 is 5.11 Å². The van der Waals surface area contributed by atoms with Crippen LogP contribution in [-0.4, -0.2) is 11.2 Å². The van der Waals surface area contributed by atoms with Crippen LogP contribution in [0.5, 0.6) is 0 Å². The summed E-state index contributed by atoms with van der Waals surface area (Å²) in [6.45, 7) is 8.00. The van der Waals surface area contributed by atoms with Gasteiger partial charge in [-0.05, 0) is 13.3 Å². The minimum Gasteiger partial charge on any atom is -0.389 e. The molecule has 0 spiro atoms. The van der Waals surface area contributed by atoms with Crippen molar-refractivity contribution in [3.63, 3.8) is 0 Å². The number of aliphatic hydroxyl groups is 1. The van der Waals surface area contributed by atoms with E-state index in [2.05, 4.69) is 13.5 Å². The van der Waals surface area contributed by atoms with E-state index in [1.165, 1.54) is 96.3 Å². The van der Waals surface area contributed by atoms with Gasteiger partial charge in [-0.15, -0.1) is 0 Å². The lowest BCUT2D eigenvalue weighted by Gasteiger charge is -2.09. The van der Waals surface area contributed by atoms with E-state index in [1.54, 1.807) is 0 Å². The first kappa shape index (κ1) is 22.7. The van der Waals surface area contributed by atoms with Crippen LogP contribution in [0.15, 0.2) is 12.2 Å². The van der Waals surface area contributed by atoms with Gasteiger partial charge in [0, 0.05) is 0 Å². The Morgan fingerprint density at radius 2 is 0.957 bits per heavy atom. The van der Waals surface area contributed by atoms with Gasteiger partial charge in [0.25, 0.3) is 0 Å². The number of aliphatic hydroxyl groups excluding tert-OH is 1. The second-order valence-electron chi connectivity index (χ2n) is 7.45. The molecule has 0 aromatic heterocycles. The molecule has 23 heavy (non-hydrogen) atoms. The third-order valence-corrected chi connectivity index (χ3v) is 4.90. The molecule has 0 heterocycles. The van der Waals surface area contributed by atoms with Gasteiger partial charge in [0.15, 0.2) is 0 Å². The van der Waals surface area contributed by atoms with Gasteiger partial charge >= 0.3 is 0 Å². The van der Waals surface area contributed by atoms with Crippen molar-refractivity contribution in [1.82, 2.24) is 0 Å². The predicted octanol–water partition coefficient (Wildman–Crippen LogP) is 7.58. The summed E-state index contributed by atoms with van der Waals surface area (Å²) in [5.74, 6) is 0. The molecule has 0 aromatic rings. The van der Waals surface area contributed by atoms with Crippen molar-refractivity contribution in [1.29, 1.82) is 0 Å². The van der Waals surface area contributed by atoms with Crippen LogP contribution >= 0.6 is 0 Å². The summed E-state index contributed by atoms with van der Waals surface area (Å²) in [6.07, 6.45) is 23.0. The average molecular weight is 325 g/mol. The van der Waals surface area contributed by atoms with Crippen molar-refractivity contribution in [2.45, 2.75) is 129 Å². The Morgan fingerprint density at radius 1 is 0.652 bits per heavy atom. The molecule has 0 aromatic carbocycles. The lowest BCUT2D eigenvalue weighted by atomic mass is 10.0. The van der Waals surface area contributed by atoms with Crippen LogP contribution in [-0.2, 0) is 0 Å². The molecule has 1 N–H and O–H groups in total. The van der Waals surface area contributed by atoms with Crippen molar-refractivity contribution in [2.24, 2.45) is 0 Å². The molecule has 0 aliphatic heterocycles. The van der Waals surface area contributed by atoms with Crippen molar-refractivity contribution < 1.29 is 5.11 Å². The molecule has 1 nitrogen and oxygen atoms in total. The summed E-state index contributed by atoms with van der Waals surface area (Å²) >= 11 is 0. The number of unbranched alkanes of at least 4 members (excludes halogenated alkanes) is 15. The van der Waals surface area contributed by atoms with E-state index in [0.29, 0.717) is 0 Å². The quantitative estimate of drug-likeness (QED) is 0.203. The SMILES string of the molecule is C=C(C)C(O)CCCCCCCCCCCCCCCCCC. The van der Waals surface area contributed by atoms with E-state index in [0.717, 1.165) is 18.4 Å². The van der Waals surface area contributed by atoms with E-state index >= 15 is 0 Å². The first-order chi connectivity index (χ1) is 11.2.